The highest BCUT2D eigenvalue weighted by Gasteiger charge is 2.32. The molecule has 1 N–H and O–H groups in total. The summed E-state index contributed by atoms with van der Waals surface area (Å²) in [5.74, 6) is 2.40. The Morgan fingerprint density at radius 2 is 1.67 bits per heavy atom. The normalized spacial score (nSPS) is 18.2. The Kier molecular flexibility index (Phi) is 10.3. The van der Waals surface area contributed by atoms with Crippen LogP contribution in [0.15, 0.2) is 48.5 Å². The van der Waals surface area contributed by atoms with E-state index >= 15 is 0 Å². The van der Waals surface area contributed by atoms with Gasteiger partial charge in [-0.05, 0) is 42.0 Å². The van der Waals surface area contributed by atoms with E-state index in [9.17, 15) is 0 Å². The molecule has 2 aliphatic rings. The van der Waals surface area contributed by atoms with Crippen LogP contribution in [0.4, 0.5) is 0 Å². The Bertz CT molecular complexity index is 748. The number of methoxy groups -OCH3 is 1. The van der Waals surface area contributed by atoms with E-state index in [1.807, 2.05) is 18.2 Å². The Hall–Kier alpha value is -1.46. The van der Waals surface area contributed by atoms with Gasteiger partial charge in [-0.25, -0.2) is 0 Å². The van der Waals surface area contributed by atoms with Crippen LogP contribution >= 0.6 is 24.8 Å². The Morgan fingerprint density at radius 1 is 0.967 bits per heavy atom. The molecule has 0 unspecified atom stereocenters. The lowest BCUT2D eigenvalue weighted by Crippen LogP contribution is -2.46. The van der Waals surface area contributed by atoms with Crippen LogP contribution in [0.3, 0.4) is 0 Å². The second-order valence-electron chi connectivity index (χ2n) is 7.96. The molecule has 4 nitrogen and oxygen atoms in total. The molecule has 1 saturated heterocycles. The van der Waals surface area contributed by atoms with Crippen LogP contribution in [0.25, 0.3) is 0 Å². The maximum atomic E-state index is 6.20. The predicted octanol–water partition coefficient (Wildman–Crippen LogP) is 5.25. The topological polar surface area (TPSA) is 33.7 Å². The zero-order chi connectivity index (χ0) is 19.2. The number of piperazine rings is 1. The van der Waals surface area contributed by atoms with E-state index in [-0.39, 0.29) is 24.8 Å². The fourth-order valence-electron chi connectivity index (χ4n) is 4.74. The molecule has 0 radical (unpaired) electrons. The monoisotopic (exact) mass is 452 g/mol. The van der Waals surface area contributed by atoms with Gasteiger partial charge in [-0.3, -0.25) is 4.90 Å². The van der Waals surface area contributed by atoms with Gasteiger partial charge in [0.1, 0.15) is 6.61 Å². The van der Waals surface area contributed by atoms with E-state index in [0.29, 0.717) is 12.6 Å². The summed E-state index contributed by atoms with van der Waals surface area (Å²) in [6.45, 7) is 4.96. The largest absolute Gasteiger partial charge is 0.493 e. The Labute approximate surface area is 193 Å². The zero-order valence-corrected chi connectivity index (χ0v) is 19.4. The summed E-state index contributed by atoms with van der Waals surface area (Å²) in [4.78, 5) is 2.68. The van der Waals surface area contributed by atoms with Gasteiger partial charge < -0.3 is 14.8 Å². The second kappa shape index (κ2) is 12.4. The van der Waals surface area contributed by atoms with Crippen LogP contribution < -0.4 is 14.8 Å². The number of nitrogens with zero attached hydrogens (tertiary/aromatic N) is 1. The fourth-order valence-corrected chi connectivity index (χ4v) is 4.74. The van der Waals surface area contributed by atoms with Crippen LogP contribution in [0.1, 0.15) is 42.9 Å². The molecule has 166 valence electrons. The molecular formula is C24H34Cl2N2O2. The van der Waals surface area contributed by atoms with Crippen LogP contribution in [0, 0.1) is 5.92 Å². The summed E-state index contributed by atoms with van der Waals surface area (Å²) in [7, 11) is 1.72. The summed E-state index contributed by atoms with van der Waals surface area (Å²) in [5, 5.41) is 3.49. The summed E-state index contributed by atoms with van der Waals surface area (Å²) >= 11 is 0. The first-order valence-corrected chi connectivity index (χ1v) is 10.6. The van der Waals surface area contributed by atoms with Crippen molar-refractivity contribution in [2.45, 2.75) is 38.3 Å². The highest BCUT2D eigenvalue weighted by atomic mass is 35.5. The summed E-state index contributed by atoms with van der Waals surface area (Å²) in [6.07, 6.45) is 5.39. The molecule has 4 rings (SSSR count). The van der Waals surface area contributed by atoms with Crippen LogP contribution in [-0.4, -0.2) is 38.2 Å². The molecule has 0 aromatic heterocycles. The predicted molar refractivity (Wildman–Crippen MR) is 127 cm³/mol. The maximum absolute atomic E-state index is 6.20. The quantitative estimate of drug-likeness (QED) is 0.621. The van der Waals surface area contributed by atoms with Crippen molar-refractivity contribution in [2.24, 2.45) is 5.92 Å². The highest BCUT2D eigenvalue weighted by molar-refractivity contribution is 5.85. The van der Waals surface area contributed by atoms with E-state index in [4.69, 9.17) is 9.47 Å². The van der Waals surface area contributed by atoms with Gasteiger partial charge in [0, 0.05) is 32.2 Å². The van der Waals surface area contributed by atoms with Crippen molar-refractivity contribution in [3.8, 4) is 11.5 Å². The van der Waals surface area contributed by atoms with Crippen molar-refractivity contribution in [1.82, 2.24) is 10.2 Å². The average molecular weight is 453 g/mol. The first kappa shape index (κ1) is 24.8. The second-order valence-corrected chi connectivity index (χ2v) is 7.96. The van der Waals surface area contributed by atoms with Gasteiger partial charge in [0.05, 0.1) is 7.11 Å². The third-order valence-electron chi connectivity index (χ3n) is 6.16. The SMILES string of the molecule is COc1ccc([C@@H](C2CCCC2)N2CCNCC2)cc1OCc1ccccc1.Cl.Cl. The minimum atomic E-state index is 0. The zero-order valence-electron chi connectivity index (χ0n) is 17.7. The van der Waals surface area contributed by atoms with Crippen molar-refractivity contribution in [3.63, 3.8) is 0 Å². The van der Waals surface area contributed by atoms with Crippen LogP contribution in [0.5, 0.6) is 11.5 Å². The summed E-state index contributed by atoms with van der Waals surface area (Å²) < 4.78 is 11.8. The molecule has 2 fully saturated rings. The van der Waals surface area contributed by atoms with E-state index in [0.717, 1.165) is 43.6 Å². The minimum absolute atomic E-state index is 0. The molecule has 2 aromatic carbocycles. The van der Waals surface area contributed by atoms with E-state index < -0.39 is 0 Å². The van der Waals surface area contributed by atoms with E-state index in [1.165, 1.54) is 36.8 Å². The van der Waals surface area contributed by atoms with Gasteiger partial charge in [0.2, 0.25) is 0 Å². The third-order valence-corrected chi connectivity index (χ3v) is 6.16. The number of rotatable bonds is 7. The number of hydrogen-bond acceptors (Lipinski definition) is 4. The molecule has 0 spiro atoms. The van der Waals surface area contributed by atoms with E-state index in [2.05, 4.69) is 40.5 Å². The minimum Gasteiger partial charge on any atom is -0.493 e. The molecule has 0 amide bonds. The van der Waals surface area contributed by atoms with Gasteiger partial charge in [0.25, 0.3) is 0 Å². The van der Waals surface area contributed by atoms with Crippen LogP contribution in [-0.2, 0) is 6.61 Å². The van der Waals surface area contributed by atoms with Crippen LogP contribution in [0.2, 0.25) is 0 Å². The highest BCUT2D eigenvalue weighted by Crippen LogP contribution is 2.42. The smallest absolute Gasteiger partial charge is 0.161 e. The number of benzene rings is 2. The average Bonchev–Trinajstić information content (AvgIpc) is 3.28. The molecule has 1 saturated carbocycles. The Morgan fingerprint density at radius 3 is 2.33 bits per heavy atom. The molecule has 1 aliphatic carbocycles. The molecule has 1 aliphatic heterocycles. The molecule has 0 bridgehead atoms. The number of halogens is 2. The van der Waals surface area contributed by atoms with Crippen molar-refractivity contribution >= 4 is 24.8 Å². The maximum Gasteiger partial charge on any atom is 0.161 e. The lowest BCUT2D eigenvalue weighted by Gasteiger charge is -2.39. The third kappa shape index (κ3) is 6.04. The van der Waals surface area contributed by atoms with Crippen molar-refractivity contribution in [1.29, 1.82) is 0 Å². The first-order chi connectivity index (χ1) is 13.8. The lowest BCUT2D eigenvalue weighted by molar-refractivity contribution is 0.125. The van der Waals surface area contributed by atoms with Crippen molar-refractivity contribution in [3.05, 3.63) is 59.7 Å². The van der Waals surface area contributed by atoms with Gasteiger partial charge in [0.15, 0.2) is 11.5 Å². The number of nitrogens with one attached hydrogen (secondary N) is 1. The fraction of sp³-hybridized carbons (Fsp3) is 0.500. The standard InChI is InChI=1S/C24H32N2O2.2ClH/c1-27-22-12-11-21(17-23(22)28-18-19-7-3-2-4-8-19)24(20-9-5-6-10-20)26-15-13-25-14-16-26;;/h2-4,7-8,11-12,17,20,24-25H,5-6,9-10,13-16,18H2,1H3;2*1H/t24-;;/m1../s1. The molecule has 2 aromatic rings. The Balaban J connectivity index is 0.00000160. The molecular weight excluding hydrogens is 419 g/mol. The number of hydrogen-bond donors (Lipinski definition) is 1. The van der Waals surface area contributed by atoms with Crippen molar-refractivity contribution < 1.29 is 9.47 Å². The van der Waals surface area contributed by atoms with Gasteiger partial charge in [-0.1, -0.05) is 49.2 Å². The van der Waals surface area contributed by atoms with Gasteiger partial charge >= 0.3 is 0 Å². The molecule has 30 heavy (non-hydrogen) atoms. The van der Waals surface area contributed by atoms with E-state index in [1.54, 1.807) is 7.11 Å². The number of ether oxygens (including phenoxy) is 2. The molecule has 1 heterocycles. The van der Waals surface area contributed by atoms with Crippen molar-refractivity contribution in [2.75, 3.05) is 33.3 Å². The first-order valence-electron chi connectivity index (χ1n) is 10.6. The summed E-state index contributed by atoms with van der Waals surface area (Å²) in [6, 6.07) is 17.4. The molecule has 6 heteroatoms. The van der Waals surface area contributed by atoms with Gasteiger partial charge in [-0.2, -0.15) is 0 Å². The van der Waals surface area contributed by atoms with Gasteiger partial charge in [-0.15, -0.1) is 24.8 Å². The molecule has 1 atom stereocenters. The lowest BCUT2D eigenvalue weighted by atomic mass is 9.89. The summed E-state index contributed by atoms with van der Waals surface area (Å²) in [5.41, 5.74) is 2.54.